The Balaban J connectivity index is 2.50. The monoisotopic (exact) mass is 391 g/mol. The Hall–Kier alpha value is -1.08. The van der Waals surface area contributed by atoms with E-state index in [0.717, 1.165) is 11.6 Å². The lowest BCUT2D eigenvalue weighted by atomic mass is 9.98. The van der Waals surface area contributed by atoms with E-state index in [1.165, 1.54) is 24.3 Å². The highest BCUT2D eigenvalue weighted by Gasteiger charge is 2.20. The van der Waals surface area contributed by atoms with E-state index >= 15 is 0 Å². The molecule has 1 atom stereocenters. The lowest BCUT2D eigenvalue weighted by Gasteiger charge is -2.21. The Morgan fingerprint density at radius 2 is 1.60 bits per heavy atom. The predicted molar refractivity (Wildman–Crippen MR) is 81.0 cm³/mol. The second-order valence-corrected chi connectivity index (χ2v) is 5.48. The maximum atomic E-state index is 14.0. The number of halogens is 4. The number of nitrogens with one attached hydrogen (secondary N) is 1. The molecule has 5 heteroatoms. The smallest absolute Gasteiger partial charge is 0.131 e. The molecule has 0 bridgehead atoms. The molecular weight excluding hydrogens is 378 g/mol. The number of hydrogen-bond acceptors (Lipinski definition) is 1. The molecule has 0 aromatic heterocycles. The van der Waals surface area contributed by atoms with Crippen LogP contribution in [0, 0.1) is 21.0 Å². The summed E-state index contributed by atoms with van der Waals surface area (Å²) >= 11 is 2.01. The molecule has 0 aliphatic rings. The zero-order valence-corrected chi connectivity index (χ0v) is 12.9. The van der Waals surface area contributed by atoms with E-state index in [0.29, 0.717) is 15.7 Å². The summed E-state index contributed by atoms with van der Waals surface area (Å²) in [5, 5.41) is 3.15. The summed E-state index contributed by atoms with van der Waals surface area (Å²) in [6.07, 6.45) is 0. The molecule has 2 aromatic rings. The maximum absolute atomic E-state index is 14.0. The average molecular weight is 391 g/mol. The molecule has 0 fully saturated rings. The van der Waals surface area contributed by atoms with Crippen LogP contribution >= 0.6 is 22.6 Å². The minimum absolute atomic E-state index is 0.340. The van der Waals surface area contributed by atoms with Gasteiger partial charge in [-0.1, -0.05) is 19.1 Å². The molecule has 0 aliphatic heterocycles. The van der Waals surface area contributed by atoms with E-state index in [-0.39, 0.29) is 5.82 Å². The van der Waals surface area contributed by atoms with Crippen molar-refractivity contribution in [1.82, 2.24) is 5.32 Å². The van der Waals surface area contributed by atoms with Crippen molar-refractivity contribution in [2.75, 3.05) is 6.54 Å². The number of benzene rings is 2. The molecule has 0 saturated carbocycles. The van der Waals surface area contributed by atoms with Crippen molar-refractivity contribution in [1.29, 1.82) is 0 Å². The molecule has 0 amide bonds. The summed E-state index contributed by atoms with van der Waals surface area (Å²) in [5.41, 5.74) is 1.11. The maximum Gasteiger partial charge on any atom is 0.131 e. The Morgan fingerprint density at radius 3 is 2.15 bits per heavy atom. The van der Waals surface area contributed by atoms with Gasteiger partial charge in [0, 0.05) is 15.2 Å². The summed E-state index contributed by atoms with van der Waals surface area (Å²) in [5.74, 6) is -1.57. The molecule has 0 radical (unpaired) electrons. The van der Waals surface area contributed by atoms with Crippen molar-refractivity contribution in [3.8, 4) is 0 Å². The zero-order chi connectivity index (χ0) is 14.7. The van der Waals surface area contributed by atoms with Crippen LogP contribution < -0.4 is 5.32 Å². The first kappa shape index (κ1) is 15.3. The van der Waals surface area contributed by atoms with Crippen LogP contribution in [-0.2, 0) is 0 Å². The molecule has 1 N–H and O–H groups in total. The van der Waals surface area contributed by atoms with Gasteiger partial charge in [0.2, 0.25) is 0 Å². The zero-order valence-electron chi connectivity index (χ0n) is 10.8. The predicted octanol–water partition coefficient (Wildman–Crippen LogP) is 4.41. The second-order valence-electron chi connectivity index (χ2n) is 4.32. The molecule has 0 aliphatic carbocycles. The summed E-state index contributed by atoms with van der Waals surface area (Å²) in [6, 6.07) is 7.40. The van der Waals surface area contributed by atoms with E-state index in [4.69, 9.17) is 0 Å². The van der Waals surface area contributed by atoms with Crippen LogP contribution in [0.15, 0.2) is 36.4 Å². The van der Waals surface area contributed by atoms with Gasteiger partial charge in [0.15, 0.2) is 0 Å². The van der Waals surface area contributed by atoms with Crippen LogP contribution in [0.4, 0.5) is 13.2 Å². The van der Waals surface area contributed by atoms with Crippen LogP contribution in [-0.4, -0.2) is 6.54 Å². The first-order valence-electron chi connectivity index (χ1n) is 6.16. The summed E-state index contributed by atoms with van der Waals surface area (Å²) in [4.78, 5) is 0. The van der Waals surface area contributed by atoms with Crippen LogP contribution in [0.1, 0.15) is 24.1 Å². The minimum Gasteiger partial charge on any atom is -0.306 e. The highest BCUT2D eigenvalue weighted by Crippen LogP contribution is 2.28. The second kappa shape index (κ2) is 6.58. The summed E-state index contributed by atoms with van der Waals surface area (Å²) in [7, 11) is 0. The Morgan fingerprint density at radius 1 is 1.00 bits per heavy atom. The molecule has 1 unspecified atom stereocenters. The van der Waals surface area contributed by atoms with Crippen LogP contribution in [0.3, 0.4) is 0 Å². The quantitative estimate of drug-likeness (QED) is 0.762. The fourth-order valence-corrected chi connectivity index (χ4v) is 2.85. The molecular formula is C15H13F3IN. The highest BCUT2D eigenvalue weighted by atomic mass is 127. The molecule has 1 nitrogen and oxygen atoms in total. The average Bonchev–Trinajstić information content (AvgIpc) is 2.37. The first-order valence-corrected chi connectivity index (χ1v) is 7.24. The van der Waals surface area contributed by atoms with Gasteiger partial charge in [0.25, 0.3) is 0 Å². The standard InChI is InChI=1S/C15H13F3IN/c1-2-20-15(11-5-3-9(16)7-13(11)18)12-6-4-10(17)8-14(12)19/h3-8,15,20H,2H2,1H3. The lowest BCUT2D eigenvalue weighted by molar-refractivity contribution is 0.539. The SMILES string of the molecule is CCNC(c1ccc(F)cc1F)c1ccc(F)cc1I. The van der Waals surface area contributed by atoms with Gasteiger partial charge in [-0.3, -0.25) is 0 Å². The fourth-order valence-electron chi connectivity index (χ4n) is 2.06. The third-order valence-corrected chi connectivity index (χ3v) is 3.89. The van der Waals surface area contributed by atoms with Gasteiger partial charge in [0.05, 0.1) is 6.04 Å². The van der Waals surface area contributed by atoms with Crippen molar-refractivity contribution in [2.24, 2.45) is 0 Å². The Bertz CT molecular complexity index is 565. The fraction of sp³-hybridized carbons (Fsp3) is 0.200. The van der Waals surface area contributed by atoms with Crippen LogP contribution in [0.5, 0.6) is 0 Å². The van der Waals surface area contributed by atoms with Crippen molar-refractivity contribution in [2.45, 2.75) is 13.0 Å². The van der Waals surface area contributed by atoms with Gasteiger partial charge >= 0.3 is 0 Å². The Labute approximate surface area is 129 Å². The molecule has 0 heterocycles. The number of hydrogen-bond donors (Lipinski definition) is 1. The molecule has 0 spiro atoms. The Kier molecular flexibility index (Phi) is 5.04. The molecule has 106 valence electrons. The van der Waals surface area contributed by atoms with Crippen molar-refractivity contribution >= 4 is 22.6 Å². The molecule has 2 rings (SSSR count). The van der Waals surface area contributed by atoms with Gasteiger partial charge in [0.1, 0.15) is 17.5 Å². The molecule has 2 aromatic carbocycles. The number of rotatable bonds is 4. The third-order valence-electron chi connectivity index (χ3n) is 2.96. The van der Waals surface area contributed by atoms with E-state index in [1.54, 1.807) is 6.07 Å². The molecule has 20 heavy (non-hydrogen) atoms. The van der Waals surface area contributed by atoms with Gasteiger partial charge < -0.3 is 5.32 Å². The van der Waals surface area contributed by atoms with Gasteiger partial charge in [-0.15, -0.1) is 0 Å². The van der Waals surface area contributed by atoms with Crippen molar-refractivity contribution in [3.63, 3.8) is 0 Å². The van der Waals surface area contributed by atoms with E-state index in [1.807, 2.05) is 29.5 Å². The highest BCUT2D eigenvalue weighted by molar-refractivity contribution is 14.1. The summed E-state index contributed by atoms with van der Waals surface area (Å²) < 4.78 is 40.9. The largest absolute Gasteiger partial charge is 0.306 e. The van der Waals surface area contributed by atoms with Crippen LogP contribution in [0.2, 0.25) is 0 Å². The van der Waals surface area contributed by atoms with Gasteiger partial charge in [-0.25, -0.2) is 13.2 Å². The van der Waals surface area contributed by atoms with E-state index in [9.17, 15) is 13.2 Å². The minimum atomic E-state index is -0.615. The van der Waals surface area contributed by atoms with Gasteiger partial charge in [-0.05, 0) is 52.9 Å². The van der Waals surface area contributed by atoms with Gasteiger partial charge in [-0.2, -0.15) is 0 Å². The van der Waals surface area contributed by atoms with Crippen molar-refractivity contribution in [3.05, 3.63) is 68.5 Å². The van der Waals surface area contributed by atoms with E-state index in [2.05, 4.69) is 5.32 Å². The first-order chi connectivity index (χ1) is 9.52. The van der Waals surface area contributed by atoms with E-state index < -0.39 is 17.7 Å². The lowest BCUT2D eigenvalue weighted by Crippen LogP contribution is -2.24. The van der Waals surface area contributed by atoms with Crippen molar-refractivity contribution < 1.29 is 13.2 Å². The third kappa shape index (κ3) is 3.32. The molecule has 0 saturated heterocycles. The van der Waals surface area contributed by atoms with Crippen LogP contribution in [0.25, 0.3) is 0 Å². The summed E-state index contributed by atoms with van der Waals surface area (Å²) in [6.45, 7) is 2.50. The topological polar surface area (TPSA) is 12.0 Å². The normalized spacial score (nSPS) is 12.4.